The Kier molecular flexibility index (Phi) is 5.36. The van der Waals surface area contributed by atoms with Gasteiger partial charge in [-0.05, 0) is 31.1 Å². The average molecular weight is 396 g/mol. The van der Waals surface area contributed by atoms with E-state index in [2.05, 4.69) is 10.1 Å². The third kappa shape index (κ3) is 3.82. The Morgan fingerprint density at radius 2 is 1.86 bits per heavy atom. The SMILES string of the molecule is O=C(C1CCC2CCCCC2C1)N1CCOCC1c1nc(-c2ccccc2)no1. The van der Waals surface area contributed by atoms with Gasteiger partial charge in [0, 0.05) is 18.0 Å². The number of morpholine rings is 1. The predicted molar refractivity (Wildman–Crippen MR) is 108 cm³/mol. The first-order chi connectivity index (χ1) is 14.3. The second kappa shape index (κ2) is 8.27. The second-order valence-corrected chi connectivity index (χ2v) is 8.76. The van der Waals surface area contributed by atoms with Gasteiger partial charge in [-0.25, -0.2) is 0 Å². The Labute approximate surface area is 171 Å². The molecule has 29 heavy (non-hydrogen) atoms. The van der Waals surface area contributed by atoms with Crippen molar-refractivity contribution in [1.82, 2.24) is 15.0 Å². The summed E-state index contributed by atoms with van der Waals surface area (Å²) in [6.07, 6.45) is 8.62. The van der Waals surface area contributed by atoms with Crippen molar-refractivity contribution in [3.05, 3.63) is 36.2 Å². The molecular formula is C23H29N3O3. The summed E-state index contributed by atoms with van der Waals surface area (Å²) in [5.41, 5.74) is 0.910. The summed E-state index contributed by atoms with van der Waals surface area (Å²) in [7, 11) is 0. The van der Waals surface area contributed by atoms with Crippen molar-refractivity contribution in [3.63, 3.8) is 0 Å². The van der Waals surface area contributed by atoms with Gasteiger partial charge in [0.25, 0.3) is 5.89 Å². The van der Waals surface area contributed by atoms with Crippen LogP contribution in [0, 0.1) is 17.8 Å². The zero-order valence-electron chi connectivity index (χ0n) is 16.8. The minimum Gasteiger partial charge on any atom is -0.377 e. The molecule has 1 aromatic heterocycles. The molecule has 0 N–H and O–H groups in total. The summed E-state index contributed by atoms with van der Waals surface area (Å²) in [6.45, 7) is 1.58. The largest absolute Gasteiger partial charge is 0.377 e. The lowest BCUT2D eigenvalue weighted by atomic mass is 9.67. The van der Waals surface area contributed by atoms with Crippen molar-refractivity contribution < 1.29 is 14.1 Å². The van der Waals surface area contributed by atoms with Crippen molar-refractivity contribution in [2.24, 2.45) is 17.8 Å². The summed E-state index contributed by atoms with van der Waals surface area (Å²) >= 11 is 0. The van der Waals surface area contributed by atoms with E-state index in [4.69, 9.17) is 9.26 Å². The van der Waals surface area contributed by atoms with Gasteiger partial charge in [0.05, 0.1) is 13.2 Å². The number of fused-ring (bicyclic) bond motifs is 1. The molecule has 3 aliphatic rings. The van der Waals surface area contributed by atoms with Crippen LogP contribution in [0.1, 0.15) is 56.9 Å². The van der Waals surface area contributed by atoms with Gasteiger partial charge >= 0.3 is 0 Å². The van der Waals surface area contributed by atoms with Crippen LogP contribution in [0.2, 0.25) is 0 Å². The Morgan fingerprint density at radius 3 is 2.72 bits per heavy atom. The van der Waals surface area contributed by atoms with Gasteiger partial charge in [0.2, 0.25) is 11.7 Å². The highest BCUT2D eigenvalue weighted by atomic mass is 16.5. The van der Waals surface area contributed by atoms with E-state index < -0.39 is 0 Å². The molecule has 4 atom stereocenters. The van der Waals surface area contributed by atoms with E-state index >= 15 is 0 Å². The normalized spacial score (nSPS) is 30.0. The molecule has 154 valence electrons. The molecule has 1 saturated heterocycles. The Hall–Kier alpha value is -2.21. The minimum atomic E-state index is -0.287. The number of carbonyl (C=O) groups is 1. The summed E-state index contributed by atoms with van der Waals surface area (Å²) in [4.78, 5) is 20.0. The fourth-order valence-electron chi connectivity index (χ4n) is 5.48. The van der Waals surface area contributed by atoms with Gasteiger partial charge < -0.3 is 14.2 Å². The molecule has 6 nitrogen and oxygen atoms in total. The van der Waals surface area contributed by atoms with Gasteiger partial charge in [0.15, 0.2) is 0 Å². The maximum Gasteiger partial charge on any atom is 0.252 e. The molecule has 2 saturated carbocycles. The van der Waals surface area contributed by atoms with Crippen molar-refractivity contribution in [2.75, 3.05) is 19.8 Å². The lowest BCUT2D eigenvalue weighted by Crippen LogP contribution is -2.47. The highest BCUT2D eigenvalue weighted by Gasteiger charge is 2.40. The highest BCUT2D eigenvalue weighted by Crippen LogP contribution is 2.43. The zero-order chi connectivity index (χ0) is 19.6. The van der Waals surface area contributed by atoms with E-state index in [0.29, 0.717) is 31.5 Å². The van der Waals surface area contributed by atoms with E-state index in [1.54, 1.807) is 0 Å². The lowest BCUT2D eigenvalue weighted by Gasteiger charge is -2.42. The second-order valence-electron chi connectivity index (χ2n) is 8.76. The number of rotatable bonds is 3. The summed E-state index contributed by atoms with van der Waals surface area (Å²) in [5.74, 6) is 2.99. The monoisotopic (exact) mass is 395 g/mol. The van der Waals surface area contributed by atoms with E-state index in [1.807, 2.05) is 35.2 Å². The molecular weight excluding hydrogens is 366 g/mol. The summed E-state index contributed by atoms with van der Waals surface area (Å²) in [6, 6.07) is 9.49. The molecule has 1 aliphatic heterocycles. The van der Waals surface area contributed by atoms with Gasteiger partial charge in [-0.3, -0.25) is 4.79 Å². The minimum absolute atomic E-state index is 0.131. The molecule has 1 aromatic carbocycles. The Morgan fingerprint density at radius 1 is 1.03 bits per heavy atom. The van der Waals surface area contributed by atoms with E-state index in [9.17, 15) is 4.79 Å². The molecule has 1 amide bonds. The Balaban J connectivity index is 1.32. The quantitative estimate of drug-likeness (QED) is 0.777. The van der Waals surface area contributed by atoms with Crippen LogP contribution in [0.25, 0.3) is 11.4 Å². The average Bonchev–Trinajstić information content (AvgIpc) is 3.29. The van der Waals surface area contributed by atoms with E-state index in [0.717, 1.165) is 30.2 Å². The van der Waals surface area contributed by atoms with Gasteiger partial charge in [-0.15, -0.1) is 0 Å². The van der Waals surface area contributed by atoms with Crippen LogP contribution in [-0.2, 0) is 9.53 Å². The number of carbonyl (C=O) groups excluding carboxylic acids is 1. The molecule has 3 fully saturated rings. The first-order valence-electron chi connectivity index (χ1n) is 11.1. The first kappa shape index (κ1) is 18.8. The number of benzene rings is 1. The maximum atomic E-state index is 13.5. The van der Waals surface area contributed by atoms with Gasteiger partial charge in [-0.2, -0.15) is 4.98 Å². The predicted octanol–water partition coefficient (Wildman–Crippen LogP) is 4.24. The molecule has 0 radical (unpaired) electrons. The van der Waals surface area contributed by atoms with Crippen molar-refractivity contribution in [1.29, 1.82) is 0 Å². The molecule has 2 heterocycles. The van der Waals surface area contributed by atoms with Crippen LogP contribution in [-0.4, -0.2) is 40.7 Å². The first-order valence-corrected chi connectivity index (χ1v) is 11.1. The standard InChI is InChI=1S/C23H29N3O3/c27-23(19-11-10-16-6-4-5-9-18(16)14-19)26-12-13-28-15-20(26)22-24-21(25-29-22)17-7-2-1-3-8-17/h1-3,7-8,16,18-20H,4-6,9-15H2. The molecule has 2 aliphatic carbocycles. The zero-order valence-corrected chi connectivity index (χ0v) is 16.8. The highest BCUT2D eigenvalue weighted by molar-refractivity contribution is 5.79. The number of nitrogens with zero attached hydrogens (tertiary/aromatic N) is 3. The number of ether oxygens (including phenoxy) is 1. The fraction of sp³-hybridized carbons (Fsp3) is 0.609. The number of hydrogen-bond donors (Lipinski definition) is 0. The topological polar surface area (TPSA) is 68.5 Å². The maximum absolute atomic E-state index is 13.5. The number of hydrogen-bond acceptors (Lipinski definition) is 5. The molecule has 4 unspecified atom stereocenters. The third-order valence-electron chi connectivity index (χ3n) is 7.06. The van der Waals surface area contributed by atoms with Crippen LogP contribution in [0.4, 0.5) is 0 Å². The molecule has 0 bridgehead atoms. The van der Waals surface area contributed by atoms with Crippen molar-refractivity contribution in [3.8, 4) is 11.4 Å². The smallest absolute Gasteiger partial charge is 0.252 e. The van der Waals surface area contributed by atoms with Gasteiger partial charge in [-0.1, -0.05) is 61.2 Å². The van der Waals surface area contributed by atoms with Crippen molar-refractivity contribution in [2.45, 2.75) is 51.0 Å². The summed E-state index contributed by atoms with van der Waals surface area (Å²) < 4.78 is 11.3. The number of aromatic nitrogens is 2. The van der Waals surface area contributed by atoms with Crippen LogP contribution in [0.5, 0.6) is 0 Å². The van der Waals surface area contributed by atoms with E-state index in [-0.39, 0.29) is 17.9 Å². The van der Waals surface area contributed by atoms with Gasteiger partial charge in [0.1, 0.15) is 6.04 Å². The van der Waals surface area contributed by atoms with Crippen LogP contribution in [0.15, 0.2) is 34.9 Å². The fourth-order valence-corrected chi connectivity index (χ4v) is 5.48. The molecule has 6 heteroatoms. The third-order valence-corrected chi connectivity index (χ3v) is 7.06. The van der Waals surface area contributed by atoms with Crippen molar-refractivity contribution >= 4 is 5.91 Å². The van der Waals surface area contributed by atoms with Crippen LogP contribution in [0.3, 0.4) is 0 Å². The molecule has 0 spiro atoms. The van der Waals surface area contributed by atoms with Crippen LogP contribution >= 0.6 is 0 Å². The lowest BCUT2D eigenvalue weighted by molar-refractivity contribution is -0.148. The van der Waals surface area contributed by atoms with E-state index in [1.165, 1.54) is 32.1 Å². The molecule has 2 aromatic rings. The Bertz CT molecular complexity index is 837. The van der Waals surface area contributed by atoms with Crippen LogP contribution < -0.4 is 0 Å². The summed E-state index contributed by atoms with van der Waals surface area (Å²) in [5, 5.41) is 4.14. The molecule has 5 rings (SSSR count). The number of amides is 1.